The second-order valence-electron chi connectivity index (χ2n) is 4.47. The molecule has 0 fully saturated rings. The van der Waals surface area contributed by atoms with Crippen LogP contribution in [0.5, 0.6) is 5.75 Å². The quantitative estimate of drug-likeness (QED) is 0.692. The van der Waals surface area contributed by atoms with Crippen LogP contribution in [0.3, 0.4) is 0 Å². The van der Waals surface area contributed by atoms with Crippen LogP contribution < -0.4 is 4.74 Å². The van der Waals surface area contributed by atoms with Gasteiger partial charge in [0.2, 0.25) is 0 Å². The molecule has 0 aromatic heterocycles. The summed E-state index contributed by atoms with van der Waals surface area (Å²) in [6.07, 6.45) is 1.15. The first-order valence-electron chi connectivity index (χ1n) is 5.41. The van der Waals surface area contributed by atoms with Crippen LogP contribution in [0, 0.1) is 5.92 Å². The Balaban J connectivity index is 2.31. The highest BCUT2D eigenvalue weighted by molar-refractivity contribution is 5.97. The standard InChI is InChI=1S/C13H16O2/c1-8(2)13(14)10-4-5-12-11(7-10)6-9(3)15-12/h4-5,7-9H,6H2,1-3H3. The average Bonchev–Trinajstić information content (AvgIpc) is 2.55. The van der Waals surface area contributed by atoms with Gasteiger partial charge in [-0.25, -0.2) is 0 Å². The molecule has 2 nitrogen and oxygen atoms in total. The SMILES string of the molecule is CC1Cc2cc(C(=O)C(C)C)ccc2O1. The van der Waals surface area contributed by atoms with E-state index in [0.717, 1.165) is 23.3 Å². The molecule has 0 spiro atoms. The van der Waals surface area contributed by atoms with Gasteiger partial charge in [0.25, 0.3) is 0 Å². The lowest BCUT2D eigenvalue weighted by Gasteiger charge is -2.05. The number of ether oxygens (including phenoxy) is 1. The van der Waals surface area contributed by atoms with Crippen molar-refractivity contribution in [2.24, 2.45) is 5.92 Å². The summed E-state index contributed by atoms with van der Waals surface area (Å²) in [4.78, 5) is 11.8. The lowest BCUT2D eigenvalue weighted by molar-refractivity contribution is 0.0939. The van der Waals surface area contributed by atoms with E-state index in [1.165, 1.54) is 0 Å². The van der Waals surface area contributed by atoms with Crippen molar-refractivity contribution in [3.63, 3.8) is 0 Å². The molecule has 0 saturated heterocycles. The molecule has 1 atom stereocenters. The summed E-state index contributed by atoms with van der Waals surface area (Å²) in [5.74, 6) is 1.20. The molecule has 2 heteroatoms. The maximum Gasteiger partial charge on any atom is 0.165 e. The molecule has 1 unspecified atom stereocenters. The van der Waals surface area contributed by atoms with E-state index in [2.05, 4.69) is 0 Å². The summed E-state index contributed by atoms with van der Waals surface area (Å²) in [6, 6.07) is 5.74. The third-order valence-corrected chi connectivity index (χ3v) is 2.70. The number of fused-ring (bicyclic) bond motifs is 1. The number of carbonyl (C=O) groups is 1. The Kier molecular flexibility index (Phi) is 2.51. The van der Waals surface area contributed by atoms with Crippen molar-refractivity contribution in [1.29, 1.82) is 0 Å². The number of rotatable bonds is 2. The molecule has 80 valence electrons. The normalized spacial score (nSPS) is 18.8. The molecular formula is C13H16O2. The van der Waals surface area contributed by atoms with Gasteiger partial charge >= 0.3 is 0 Å². The van der Waals surface area contributed by atoms with E-state index >= 15 is 0 Å². The van der Waals surface area contributed by atoms with Crippen LogP contribution >= 0.6 is 0 Å². The smallest absolute Gasteiger partial charge is 0.165 e. The Bertz CT molecular complexity index is 394. The van der Waals surface area contributed by atoms with E-state index in [4.69, 9.17) is 4.74 Å². The van der Waals surface area contributed by atoms with Crippen LogP contribution in [0.4, 0.5) is 0 Å². The van der Waals surface area contributed by atoms with Gasteiger partial charge in [0.05, 0.1) is 0 Å². The number of ketones is 1. The highest BCUT2D eigenvalue weighted by atomic mass is 16.5. The first-order valence-corrected chi connectivity index (χ1v) is 5.41. The highest BCUT2D eigenvalue weighted by Gasteiger charge is 2.20. The number of hydrogen-bond acceptors (Lipinski definition) is 2. The van der Waals surface area contributed by atoms with Crippen LogP contribution in [-0.4, -0.2) is 11.9 Å². The maximum atomic E-state index is 11.8. The molecule has 1 heterocycles. The number of carbonyl (C=O) groups excluding carboxylic acids is 1. The van der Waals surface area contributed by atoms with E-state index < -0.39 is 0 Å². The van der Waals surface area contributed by atoms with Crippen molar-refractivity contribution in [2.75, 3.05) is 0 Å². The Morgan fingerprint density at radius 3 is 2.87 bits per heavy atom. The fourth-order valence-corrected chi connectivity index (χ4v) is 1.91. The molecule has 2 rings (SSSR count). The van der Waals surface area contributed by atoms with Gasteiger partial charge in [-0.05, 0) is 30.7 Å². The van der Waals surface area contributed by atoms with Crippen molar-refractivity contribution < 1.29 is 9.53 Å². The molecule has 0 saturated carbocycles. The zero-order valence-corrected chi connectivity index (χ0v) is 9.41. The van der Waals surface area contributed by atoms with Gasteiger partial charge in [-0.3, -0.25) is 4.79 Å². The highest BCUT2D eigenvalue weighted by Crippen LogP contribution is 2.29. The second kappa shape index (κ2) is 3.69. The van der Waals surface area contributed by atoms with E-state index in [0.29, 0.717) is 0 Å². The van der Waals surface area contributed by atoms with Crippen LogP contribution in [0.15, 0.2) is 18.2 Å². The molecule has 15 heavy (non-hydrogen) atoms. The minimum absolute atomic E-state index is 0.0581. The molecule has 1 aliphatic rings. The van der Waals surface area contributed by atoms with Crippen LogP contribution in [-0.2, 0) is 6.42 Å². The maximum absolute atomic E-state index is 11.8. The van der Waals surface area contributed by atoms with Gasteiger partial charge in [-0.15, -0.1) is 0 Å². The average molecular weight is 204 g/mol. The van der Waals surface area contributed by atoms with Gasteiger partial charge in [0, 0.05) is 17.9 Å². The molecule has 1 aliphatic heterocycles. The lowest BCUT2D eigenvalue weighted by atomic mass is 9.98. The largest absolute Gasteiger partial charge is 0.490 e. The monoisotopic (exact) mass is 204 g/mol. The van der Waals surface area contributed by atoms with E-state index in [1.807, 2.05) is 39.0 Å². The van der Waals surface area contributed by atoms with Crippen LogP contribution in [0.25, 0.3) is 0 Å². The molecule has 1 aromatic carbocycles. The van der Waals surface area contributed by atoms with Gasteiger partial charge < -0.3 is 4.74 Å². The topological polar surface area (TPSA) is 26.3 Å². The Labute approximate surface area is 90.3 Å². The number of Topliss-reactive ketones (excluding diaryl/α,β-unsaturated/α-hetero) is 1. The Morgan fingerprint density at radius 2 is 2.20 bits per heavy atom. The Hall–Kier alpha value is -1.31. The zero-order valence-electron chi connectivity index (χ0n) is 9.41. The summed E-state index contributed by atoms with van der Waals surface area (Å²) >= 11 is 0. The summed E-state index contributed by atoms with van der Waals surface area (Å²) in [5, 5.41) is 0. The summed E-state index contributed by atoms with van der Waals surface area (Å²) in [6.45, 7) is 5.90. The summed E-state index contributed by atoms with van der Waals surface area (Å²) in [7, 11) is 0. The summed E-state index contributed by atoms with van der Waals surface area (Å²) < 4.78 is 5.59. The number of hydrogen-bond donors (Lipinski definition) is 0. The lowest BCUT2D eigenvalue weighted by Crippen LogP contribution is -2.07. The predicted octanol–water partition coefficient (Wildman–Crippen LogP) is 2.85. The third kappa shape index (κ3) is 1.89. The van der Waals surface area contributed by atoms with Crippen molar-refractivity contribution >= 4 is 5.78 Å². The molecule has 0 aliphatic carbocycles. The van der Waals surface area contributed by atoms with E-state index in [1.54, 1.807) is 0 Å². The fourth-order valence-electron chi connectivity index (χ4n) is 1.91. The van der Waals surface area contributed by atoms with Crippen molar-refractivity contribution in [3.05, 3.63) is 29.3 Å². The van der Waals surface area contributed by atoms with Gasteiger partial charge in [-0.1, -0.05) is 13.8 Å². The zero-order chi connectivity index (χ0) is 11.0. The molecule has 0 amide bonds. The first-order chi connectivity index (χ1) is 7.08. The fraction of sp³-hybridized carbons (Fsp3) is 0.462. The first kappa shape index (κ1) is 10.2. The molecule has 0 radical (unpaired) electrons. The van der Waals surface area contributed by atoms with Crippen molar-refractivity contribution in [1.82, 2.24) is 0 Å². The van der Waals surface area contributed by atoms with Crippen LogP contribution in [0.1, 0.15) is 36.7 Å². The van der Waals surface area contributed by atoms with Gasteiger partial charge in [0.15, 0.2) is 5.78 Å². The van der Waals surface area contributed by atoms with Crippen LogP contribution in [0.2, 0.25) is 0 Å². The van der Waals surface area contributed by atoms with Gasteiger partial charge in [-0.2, -0.15) is 0 Å². The molecular weight excluding hydrogens is 188 g/mol. The predicted molar refractivity (Wildman–Crippen MR) is 59.4 cm³/mol. The second-order valence-corrected chi connectivity index (χ2v) is 4.47. The molecule has 1 aromatic rings. The third-order valence-electron chi connectivity index (χ3n) is 2.70. The van der Waals surface area contributed by atoms with E-state index in [9.17, 15) is 4.79 Å². The minimum Gasteiger partial charge on any atom is -0.490 e. The van der Waals surface area contributed by atoms with Crippen molar-refractivity contribution in [3.8, 4) is 5.75 Å². The number of benzene rings is 1. The summed E-state index contributed by atoms with van der Waals surface area (Å²) in [5.41, 5.74) is 1.97. The Morgan fingerprint density at radius 1 is 1.47 bits per heavy atom. The van der Waals surface area contributed by atoms with Crippen molar-refractivity contribution in [2.45, 2.75) is 33.3 Å². The minimum atomic E-state index is 0.0581. The van der Waals surface area contributed by atoms with Gasteiger partial charge in [0.1, 0.15) is 11.9 Å². The molecule has 0 N–H and O–H groups in total. The van der Waals surface area contributed by atoms with E-state index in [-0.39, 0.29) is 17.8 Å². The molecule has 0 bridgehead atoms.